The molecule has 1 saturated carbocycles. The van der Waals surface area contributed by atoms with Gasteiger partial charge in [0.2, 0.25) is 0 Å². The Morgan fingerprint density at radius 2 is 1.85 bits per heavy atom. The van der Waals surface area contributed by atoms with Crippen molar-refractivity contribution in [2.45, 2.75) is 72.4 Å². The van der Waals surface area contributed by atoms with Crippen molar-refractivity contribution in [3.63, 3.8) is 0 Å². The third kappa shape index (κ3) is 3.79. The Labute approximate surface area is 157 Å². The summed E-state index contributed by atoms with van der Waals surface area (Å²) in [6.45, 7) is 11.5. The lowest BCUT2D eigenvalue weighted by Crippen LogP contribution is -2.46. The number of fused-ring (bicyclic) bond motifs is 2. The van der Waals surface area contributed by atoms with Crippen LogP contribution < -0.4 is 5.32 Å². The van der Waals surface area contributed by atoms with Gasteiger partial charge in [-0.1, -0.05) is 52.0 Å². The SMILES string of the molecule is CCc1ccc(C(C)NC(=O)C(=O)N2CC3(C)CC2CC(C)(C)C3)cc1. The van der Waals surface area contributed by atoms with Gasteiger partial charge in [-0.15, -0.1) is 0 Å². The van der Waals surface area contributed by atoms with Crippen LogP contribution in [0.25, 0.3) is 0 Å². The van der Waals surface area contributed by atoms with Crippen molar-refractivity contribution in [2.75, 3.05) is 6.54 Å². The summed E-state index contributed by atoms with van der Waals surface area (Å²) in [5.74, 6) is -0.848. The van der Waals surface area contributed by atoms with Crippen LogP contribution in [0.2, 0.25) is 0 Å². The van der Waals surface area contributed by atoms with Crippen LogP contribution in [-0.4, -0.2) is 29.3 Å². The number of benzene rings is 1. The third-order valence-electron chi connectivity index (χ3n) is 6.11. The molecule has 2 bridgehead atoms. The van der Waals surface area contributed by atoms with E-state index in [1.54, 1.807) is 0 Å². The van der Waals surface area contributed by atoms with Gasteiger partial charge < -0.3 is 10.2 Å². The van der Waals surface area contributed by atoms with E-state index in [0.717, 1.165) is 31.2 Å². The molecule has 3 rings (SSSR count). The van der Waals surface area contributed by atoms with Gasteiger partial charge in [0.1, 0.15) is 0 Å². The van der Waals surface area contributed by atoms with Gasteiger partial charge in [-0.2, -0.15) is 0 Å². The Hall–Kier alpha value is -1.84. The second-order valence-corrected chi connectivity index (χ2v) is 9.44. The second-order valence-electron chi connectivity index (χ2n) is 9.44. The Morgan fingerprint density at radius 3 is 2.46 bits per heavy atom. The summed E-state index contributed by atoms with van der Waals surface area (Å²) in [5.41, 5.74) is 2.67. The van der Waals surface area contributed by atoms with Gasteiger partial charge in [-0.25, -0.2) is 0 Å². The van der Waals surface area contributed by atoms with E-state index >= 15 is 0 Å². The predicted octanol–water partition coefficient (Wildman–Crippen LogP) is 3.85. The molecule has 0 radical (unpaired) electrons. The van der Waals surface area contributed by atoms with Gasteiger partial charge in [0, 0.05) is 12.6 Å². The summed E-state index contributed by atoms with van der Waals surface area (Å²) < 4.78 is 0. The highest BCUT2D eigenvalue weighted by molar-refractivity contribution is 6.35. The van der Waals surface area contributed by atoms with Crippen LogP contribution in [0.5, 0.6) is 0 Å². The number of carbonyl (C=O) groups is 2. The number of likely N-dealkylation sites (tertiary alicyclic amines) is 1. The summed E-state index contributed by atoms with van der Waals surface area (Å²) in [6, 6.07) is 8.23. The summed E-state index contributed by atoms with van der Waals surface area (Å²) in [7, 11) is 0. The van der Waals surface area contributed by atoms with Gasteiger partial charge in [0.15, 0.2) is 0 Å². The summed E-state index contributed by atoms with van der Waals surface area (Å²) >= 11 is 0. The van der Waals surface area contributed by atoms with Crippen molar-refractivity contribution >= 4 is 11.8 Å². The van der Waals surface area contributed by atoms with Gasteiger partial charge in [0.25, 0.3) is 0 Å². The van der Waals surface area contributed by atoms with E-state index < -0.39 is 5.91 Å². The molecule has 1 saturated heterocycles. The van der Waals surface area contributed by atoms with Crippen molar-refractivity contribution in [1.29, 1.82) is 0 Å². The number of hydrogen-bond acceptors (Lipinski definition) is 2. The van der Waals surface area contributed by atoms with Gasteiger partial charge >= 0.3 is 11.8 Å². The van der Waals surface area contributed by atoms with Crippen LogP contribution >= 0.6 is 0 Å². The molecule has 3 atom stereocenters. The first-order valence-electron chi connectivity index (χ1n) is 9.83. The molecule has 1 aromatic rings. The highest BCUT2D eigenvalue weighted by Crippen LogP contribution is 2.52. The molecular formula is C22H32N2O2. The molecular weight excluding hydrogens is 324 g/mol. The number of rotatable bonds is 3. The first-order valence-corrected chi connectivity index (χ1v) is 9.83. The zero-order valence-electron chi connectivity index (χ0n) is 16.8. The van der Waals surface area contributed by atoms with Crippen LogP contribution in [0.1, 0.15) is 71.0 Å². The topological polar surface area (TPSA) is 49.4 Å². The smallest absolute Gasteiger partial charge is 0.312 e. The van der Waals surface area contributed by atoms with E-state index in [-0.39, 0.29) is 28.8 Å². The minimum Gasteiger partial charge on any atom is -0.341 e. The molecule has 4 heteroatoms. The fraction of sp³-hybridized carbons (Fsp3) is 0.636. The Morgan fingerprint density at radius 1 is 1.19 bits per heavy atom. The maximum absolute atomic E-state index is 12.8. The Bertz CT molecular complexity index is 695. The number of nitrogens with one attached hydrogen (secondary N) is 1. The van der Waals surface area contributed by atoms with Crippen LogP contribution in [0, 0.1) is 10.8 Å². The third-order valence-corrected chi connectivity index (χ3v) is 6.11. The minimum atomic E-state index is -0.481. The molecule has 1 N–H and O–H groups in total. The molecule has 1 heterocycles. The fourth-order valence-corrected chi connectivity index (χ4v) is 5.21. The Kier molecular flexibility index (Phi) is 4.89. The van der Waals surface area contributed by atoms with E-state index in [0.29, 0.717) is 6.54 Å². The zero-order chi connectivity index (χ0) is 19.1. The maximum Gasteiger partial charge on any atom is 0.312 e. The Balaban J connectivity index is 1.65. The van der Waals surface area contributed by atoms with Crippen LogP contribution in [-0.2, 0) is 16.0 Å². The fourth-order valence-electron chi connectivity index (χ4n) is 5.21. The molecule has 0 spiro atoms. The lowest BCUT2D eigenvalue weighted by atomic mass is 9.65. The van der Waals surface area contributed by atoms with Crippen LogP contribution in [0.3, 0.4) is 0 Å². The van der Waals surface area contributed by atoms with E-state index in [2.05, 4.69) is 45.1 Å². The zero-order valence-corrected chi connectivity index (χ0v) is 16.8. The normalized spacial score (nSPS) is 27.9. The number of hydrogen-bond donors (Lipinski definition) is 1. The standard InChI is InChI=1S/C22H32N2O2/c1-6-16-7-9-17(10-8-16)15(2)23-19(25)20(26)24-14-22(5)12-18(24)11-21(3,4)13-22/h7-10,15,18H,6,11-14H2,1-5H3,(H,23,25). The lowest BCUT2D eigenvalue weighted by Gasteiger charge is -2.39. The quantitative estimate of drug-likeness (QED) is 0.836. The van der Waals surface area contributed by atoms with Crippen molar-refractivity contribution in [1.82, 2.24) is 10.2 Å². The van der Waals surface area contributed by atoms with Crippen molar-refractivity contribution < 1.29 is 9.59 Å². The first-order chi connectivity index (χ1) is 12.1. The number of nitrogens with zero attached hydrogens (tertiary/aromatic N) is 1. The summed E-state index contributed by atoms with van der Waals surface area (Å²) in [6.07, 6.45) is 4.10. The molecule has 1 aliphatic heterocycles. The van der Waals surface area contributed by atoms with E-state index in [4.69, 9.17) is 0 Å². The molecule has 2 fully saturated rings. The highest BCUT2D eigenvalue weighted by atomic mass is 16.2. The average molecular weight is 357 g/mol. The van der Waals surface area contributed by atoms with Gasteiger partial charge in [0.05, 0.1) is 6.04 Å². The molecule has 1 aromatic carbocycles. The number of amides is 2. The van der Waals surface area contributed by atoms with E-state index in [1.165, 1.54) is 5.56 Å². The molecule has 4 nitrogen and oxygen atoms in total. The summed E-state index contributed by atoms with van der Waals surface area (Å²) in [5, 5.41) is 2.89. The molecule has 0 aromatic heterocycles. The average Bonchev–Trinajstić information content (AvgIpc) is 2.82. The lowest BCUT2D eigenvalue weighted by molar-refractivity contribution is -0.147. The van der Waals surface area contributed by atoms with Crippen LogP contribution in [0.15, 0.2) is 24.3 Å². The van der Waals surface area contributed by atoms with Crippen molar-refractivity contribution in [3.8, 4) is 0 Å². The van der Waals surface area contributed by atoms with E-state index in [1.807, 2.05) is 24.0 Å². The molecule has 3 unspecified atom stereocenters. The van der Waals surface area contributed by atoms with Crippen LogP contribution in [0.4, 0.5) is 0 Å². The van der Waals surface area contributed by atoms with Crippen molar-refractivity contribution in [3.05, 3.63) is 35.4 Å². The van der Waals surface area contributed by atoms with Gasteiger partial charge in [-0.3, -0.25) is 9.59 Å². The minimum absolute atomic E-state index is 0.143. The van der Waals surface area contributed by atoms with Gasteiger partial charge in [-0.05, 0) is 54.6 Å². The maximum atomic E-state index is 12.8. The largest absolute Gasteiger partial charge is 0.341 e. The molecule has 2 amide bonds. The first kappa shape index (κ1) is 18.9. The second kappa shape index (κ2) is 6.71. The van der Waals surface area contributed by atoms with Crippen molar-refractivity contribution in [2.24, 2.45) is 10.8 Å². The number of carbonyl (C=O) groups excluding carboxylic acids is 2. The molecule has 2 aliphatic rings. The number of aryl methyl sites for hydroxylation is 1. The predicted molar refractivity (Wildman–Crippen MR) is 104 cm³/mol. The molecule has 26 heavy (non-hydrogen) atoms. The highest BCUT2D eigenvalue weighted by Gasteiger charge is 2.51. The van der Waals surface area contributed by atoms with E-state index in [9.17, 15) is 9.59 Å². The monoisotopic (exact) mass is 356 g/mol. The molecule has 142 valence electrons. The summed E-state index contributed by atoms with van der Waals surface area (Å²) in [4.78, 5) is 27.2. The molecule has 1 aliphatic carbocycles.